The van der Waals surface area contributed by atoms with Gasteiger partial charge >= 0.3 is 6.18 Å². The Hall–Kier alpha value is -1.04. The molecular formula is C10H16F3N3. The van der Waals surface area contributed by atoms with Gasteiger partial charge in [0.15, 0.2) is 5.69 Å². The van der Waals surface area contributed by atoms with Crippen LogP contribution in [-0.4, -0.2) is 23.4 Å². The molecule has 1 N–H and O–H groups in total. The van der Waals surface area contributed by atoms with Gasteiger partial charge in [-0.15, -0.1) is 0 Å². The molecule has 1 heterocycles. The molecule has 0 aliphatic rings. The van der Waals surface area contributed by atoms with Gasteiger partial charge in [0.2, 0.25) is 0 Å². The Labute approximate surface area is 92.6 Å². The van der Waals surface area contributed by atoms with Crippen molar-refractivity contribution in [1.82, 2.24) is 15.1 Å². The van der Waals surface area contributed by atoms with E-state index in [1.807, 2.05) is 20.9 Å². The Balaban J connectivity index is 2.78. The van der Waals surface area contributed by atoms with Gasteiger partial charge in [-0.05, 0) is 32.5 Å². The second-order valence-electron chi connectivity index (χ2n) is 3.95. The zero-order valence-corrected chi connectivity index (χ0v) is 9.54. The Morgan fingerprint density at radius 3 is 2.50 bits per heavy atom. The molecule has 0 spiro atoms. The predicted molar refractivity (Wildman–Crippen MR) is 55.0 cm³/mol. The lowest BCUT2D eigenvalue weighted by Crippen LogP contribution is -2.24. The standard InChI is InChI=1S/C10H16F3N3/c1-7(6-14-3)8(2)16-5-4-9(15-16)10(11,12)13/h4-5,7-8,14H,6H2,1-3H3. The van der Waals surface area contributed by atoms with Gasteiger partial charge in [-0.3, -0.25) is 4.68 Å². The minimum absolute atomic E-state index is 0.0662. The Kier molecular flexibility index (Phi) is 3.96. The highest BCUT2D eigenvalue weighted by atomic mass is 19.4. The topological polar surface area (TPSA) is 29.9 Å². The van der Waals surface area contributed by atoms with E-state index in [0.29, 0.717) is 0 Å². The van der Waals surface area contributed by atoms with Crippen molar-refractivity contribution in [3.8, 4) is 0 Å². The summed E-state index contributed by atoms with van der Waals surface area (Å²) in [7, 11) is 1.81. The third-order valence-corrected chi connectivity index (χ3v) is 2.67. The van der Waals surface area contributed by atoms with Gasteiger partial charge < -0.3 is 5.32 Å². The monoisotopic (exact) mass is 235 g/mol. The van der Waals surface area contributed by atoms with Crippen molar-refractivity contribution in [3.05, 3.63) is 18.0 Å². The fraction of sp³-hybridized carbons (Fsp3) is 0.700. The number of nitrogens with zero attached hydrogens (tertiary/aromatic N) is 2. The van der Waals surface area contributed by atoms with E-state index in [2.05, 4.69) is 10.4 Å². The number of rotatable bonds is 4. The number of hydrogen-bond donors (Lipinski definition) is 1. The number of aromatic nitrogens is 2. The number of alkyl halides is 3. The van der Waals surface area contributed by atoms with E-state index < -0.39 is 11.9 Å². The van der Waals surface area contributed by atoms with E-state index in [1.165, 1.54) is 10.9 Å². The van der Waals surface area contributed by atoms with Crippen LogP contribution in [0.4, 0.5) is 13.2 Å². The first-order valence-corrected chi connectivity index (χ1v) is 5.13. The van der Waals surface area contributed by atoms with E-state index in [9.17, 15) is 13.2 Å². The summed E-state index contributed by atoms with van der Waals surface area (Å²) >= 11 is 0. The van der Waals surface area contributed by atoms with Crippen molar-refractivity contribution in [2.75, 3.05) is 13.6 Å². The summed E-state index contributed by atoms with van der Waals surface area (Å²) in [6, 6.07) is 0.936. The van der Waals surface area contributed by atoms with Crippen molar-refractivity contribution in [2.45, 2.75) is 26.1 Å². The lowest BCUT2D eigenvalue weighted by atomic mass is 10.0. The van der Waals surface area contributed by atoms with Gasteiger partial charge in [0, 0.05) is 6.20 Å². The highest BCUT2D eigenvalue weighted by Gasteiger charge is 2.34. The quantitative estimate of drug-likeness (QED) is 0.868. The summed E-state index contributed by atoms with van der Waals surface area (Å²) in [4.78, 5) is 0. The molecule has 0 aliphatic carbocycles. The van der Waals surface area contributed by atoms with Crippen molar-refractivity contribution in [1.29, 1.82) is 0 Å². The molecule has 0 saturated heterocycles. The molecule has 2 atom stereocenters. The van der Waals surface area contributed by atoms with Crippen LogP contribution in [0.5, 0.6) is 0 Å². The number of nitrogens with one attached hydrogen (secondary N) is 1. The number of halogens is 3. The summed E-state index contributed by atoms with van der Waals surface area (Å²) in [6.07, 6.45) is -2.99. The van der Waals surface area contributed by atoms with Crippen LogP contribution < -0.4 is 5.32 Å². The second-order valence-corrected chi connectivity index (χ2v) is 3.95. The maximum Gasteiger partial charge on any atom is 0.435 e. The van der Waals surface area contributed by atoms with E-state index >= 15 is 0 Å². The van der Waals surface area contributed by atoms with Gasteiger partial charge in [-0.2, -0.15) is 18.3 Å². The normalized spacial score (nSPS) is 16.1. The molecule has 0 aromatic carbocycles. The smallest absolute Gasteiger partial charge is 0.319 e. The zero-order chi connectivity index (χ0) is 12.3. The maximum atomic E-state index is 12.3. The second kappa shape index (κ2) is 4.86. The van der Waals surface area contributed by atoms with E-state index in [1.54, 1.807) is 0 Å². The molecule has 0 fully saturated rings. The van der Waals surface area contributed by atoms with Gasteiger partial charge in [-0.25, -0.2) is 0 Å². The maximum absolute atomic E-state index is 12.3. The first kappa shape index (κ1) is 13.0. The summed E-state index contributed by atoms with van der Waals surface area (Å²) in [6.45, 7) is 4.56. The average molecular weight is 235 g/mol. The van der Waals surface area contributed by atoms with Crippen LogP contribution in [0.25, 0.3) is 0 Å². The van der Waals surface area contributed by atoms with Crippen LogP contribution in [0, 0.1) is 5.92 Å². The Morgan fingerprint density at radius 1 is 1.44 bits per heavy atom. The lowest BCUT2D eigenvalue weighted by Gasteiger charge is -2.20. The van der Waals surface area contributed by atoms with Crippen LogP contribution in [0.15, 0.2) is 12.3 Å². The fourth-order valence-corrected chi connectivity index (χ4v) is 1.47. The Morgan fingerprint density at radius 2 is 2.06 bits per heavy atom. The van der Waals surface area contributed by atoms with Gasteiger partial charge in [0.25, 0.3) is 0 Å². The molecule has 1 aromatic rings. The molecule has 0 amide bonds. The fourth-order valence-electron chi connectivity index (χ4n) is 1.47. The van der Waals surface area contributed by atoms with Gasteiger partial charge in [-0.1, -0.05) is 6.92 Å². The Bertz CT molecular complexity index is 332. The van der Waals surface area contributed by atoms with Crippen molar-refractivity contribution in [2.24, 2.45) is 5.92 Å². The minimum Gasteiger partial charge on any atom is -0.319 e. The molecule has 0 bridgehead atoms. The average Bonchev–Trinajstić information content (AvgIpc) is 2.65. The zero-order valence-electron chi connectivity index (χ0n) is 9.54. The summed E-state index contributed by atoms with van der Waals surface area (Å²) in [5.74, 6) is 0.214. The first-order chi connectivity index (χ1) is 7.36. The van der Waals surface area contributed by atoms with E-state index in [0.717, 1.165) is 12.6 Å². The molecule has 1 rings (SSSR count). The van der Waals surface area contributed by atoms with E-state index in [4.69, 9.17) is 0 Å². The van der Waals surface area contributed by atoms with Crippen LogP contribution in [0.3, 0.4) is 0 Å². The molecule has 92 valence electrons. The van der Waals surface area contributed by atoms with Crippen molar-refractivity contribution >= 4 is 0 Å². The minimum atomic E-state index is -4.36. The number of hydrogen-bond acceptors (Lipinski definition) is 2. The molecule has 16 heavy (non-hydrogen) atoms. The van der Waals surface area contributed by atoms with Crippen LogP contribution in [0.2, 0.25) is 0 Å². The van der Waals surface area contributed by atoms with Gasteiger partial charge in [0.05, 0.1) is 6.04 Å². The lowest BCUT2D eigenvalue weighted by molar-refractivity contribution is -0.141. The largest absolute Gasteiger partial charge is 0.435 e. The molecule has 3 nitrogen and oxygen atoms in total. The first-order valence-electron chi connectivity index (χ1n) is 5.13. The van der Waals surface area contributed by atoms with Crippen LogP contribution in [-0.2, 0) is 6.18 Å². The molecule has 0 radical (unpaired) electrons. The molecule has 2 unspecified atom stereocenters. The summed E-state index contributed by atoms with van der Waals surface area (Å²) in [5, 5.41) is 6.54. The van der Waals surface area contributed by atoms with Crippen LogP contribution >= 0.6 is 0 Å². The predicted octanol–water partition coefficient (Wildman–Crippen LogP) is 2.32. The van der Waals surface area contributed by atoms with Crippen molar-refractivity contribution < 1.29 is 13.2 Å². The highest BCUT2D eigenvalue weighted by Crippen LogP contribution is 2.28. The summed E-state index contributed by atoms with van der Waals surface area (Å²) < 4.78 is 38.3. The third-order valence-electron chi connectivity index (χ3n) is 2.67. The van der Waals surface area contributed by atoms with E-state index in [-0.39, 0.29) is 12.0 Å². The molecule has 0 saturated carbocycles. The molecule has 0 aliphatic heterocycles. The molecule has 6 heteroatoms. The SMILES string of the molecule is CNCC(C)C(C)n1ccc(C(F)(F)F)n1. The summed E-state index contributed by atoms with van der Waals surface area (Å²) in [5.41, 5.74) is -0.837. The highest BCUT2D eigenvalue weighted by molar-refractivity contribution is 5.03. The molecule has 1 aromatic heterocycles. The van der Waals surface area contributed by atoms with Crippen LogP contribution in [0.1, 0.15) is 25.6 Å². The third kappa shape index (κ3) is 2.98. The van der Waals surface area contributed by atoms with Crippen molar-refractivity contribution in [3.63, 3.8) is 0 Å². The van der Waals surface area contributed by atoms with Gasteiger partial charge in [0.1, 0.15) is 0 Å². The molecular weight excluding hydrogens is 219 g/mol.